The molecule has 1 amide bonds. The van der Waals surface area contributed by atoms with Crippen molar-refractivity contribution in [2.45, 2.75) is 66.5 Å². The lowest BCUT2D eigenvalue weighted by Gasteiger charge is -2.35. The molecule has 166 valence electrons. The minimum absolute atomic E-state index is 0.0215. The minimum Gasteiger partial charge on any atom is -0.331 e. The molecule has 1 heterocycles. The van der Waals surface area contributed by atoms with E-state index in [9.17, 15) is 9.59 Å². The second kappa shape index (κ2) is 10.2. The molecule has 0 N–H and O–H groups in total. The van der Waals surface area contributed by atoms with Crippen LogP contribution in [0.3, 0.4) is 0 Å². The van der Waals surface area contributed by atoms with Crippen molar-refractivity contribution in [2.24, 2.45) is 5.41 Å². The number of amides is 1. The summed E-state index contributed by atoms with van der Waals surface area (Å²) < 4.78 is 1.78. The predicted molar refractivity (Wildman–Crippen MR) is 124 cm³/mol. The highest BCUT2D eigenvalue weighted by Crippen LogP contribution is 2.28. The number of carbonyl (C=O) groups excluding carboxylic acids is 1. The van der Waals surface area contributed by atoms with Gasteiger partial charge in [-0.3, -0.25) is 14.2 Å². The first-order valence-corrected chi connectivity index (χ1v) is 11.0. The van der Waals surface area contributed by atoms with E-state index in [1.54, 1.807) is 4.57 Å². The van der Waals surface area contributed by atoms with Crippen LogP contribution >= 0.6 is 0 Å². The SMILES string of the molecule is CCCn1c(C(CC)N(CCN(C)C)C(=O)CC(C)(C)C)nc2ccccc2c1=O. The Morgan fingerprint density at radius 1 is 1.13 bits per heavy atom. The first kappa shape index (κ1) is 24.1. The molecule has 6 heteroatoms. The molecule has 30 heavy (non-hydrogen) atoms. The zero-order valence-corrected chi connectivity index (χ0v) is 19.7. The standard InChI is InChI=1S/C24H38N4O2/c1-8-14-28-22(25-19-13-11-10-12-18(19)23(28)30)20(9-2)27(16-15-26(6)7)21(29)17-24(3,4)5/h10-13,20H,8-9,14-17H2,1-7H3. The summed E-state index contributed by atoms with van der Waals surface area (Å²) in [5.41, 5.74) is 0.567. The Balaban J connectivity index is 2.61. The molecule has 6 nitrogen and oxygen atoms in total. The highest BCUT2D eigenvalue weighted by atomic mass is 16.2. The van der Waals surface area contributed by atoms with E-state index in [1.165, 1.54) is 0 Å². The minimum atomic E-state index is -0.233. The number of hydrogen-bond donors (Lipinski definition) is 0. The second-order valence-electron chi connectivity index (χ2n) is 9.50. The lowest BCUT2D eigenvalue weighted by molar-refractivity contribution is -0.136. The van der Waals surface area contributed by atoms with Gasteiger partial charge in [0.05, 0.1) is 16.9 Å². The normalized spacial score (nSPS) is 13.1. The van der Waals surface area contributed by atoms with Crippen molar-refractivity contribution in [2.75, 3.05) is 27.2 Å². The van der Waals surface area contributed by atoms with Crippen LogP contribution in [0.1, 0.15) is 65.7 Å². The number of fused-ring (bicyclic) bond motifs is 1. The number of para-hydroxylation sites is 1. The van der Waals surface area contributed by atoms with Gasteiger partial charge in [-0.05, 0) is 44.5 Å². The van der Waals surface area contributed by atoms with E-state index in [-0.39, 0.29) is 22.9 Å². The van der Waals surface area contributed by atoms with Gasteiger partial charge in [0.2, 0.25) is 5.91 Å². The first-order valence-electron chi connectivity index (χ1n) is 11.0. The number of nitrogens with zero attached hydrogens (tertiary/aromatic N) is 4. The number of rotatable bonds is 9. The quantitative estimate of drug-likeness (QED) is 0.620. The van der Waals surface area contributed by atoms with E-state index in [2.05, 4.69) is 39.5 Å². The van der Waals surface area contributed by atoms with Crippen molar-refractivity contribution in [1.82, 2.24) is 19.4 Å². The van der Waals surface area contributed by atoms with Gasteiger partial charge in [-0.25, -0.2) is 4.98 Å². The van der Waals surface area contributed by atoms with Gasteiger partial charge in [0, 0.05) is 26.1 Å². The molecular formula is C24H38N4O2. The third kappa shape index (κ3) is 5.91. The summed E-state index contributed by atoms with van der Waals surface area (Å²) in [5.74, 6) is 0.811. The molecular weight excluding hydrogens is 376 g/mol. The average molecular weight is 415 g/mol. The summed E-state index contributed by atoms with van der Waals surface area (Å²) in [4.78, 5) is 35.5. The van der Waals surface area contributed by atoms with Crippen LogP contribution in [0.5, 0.6) is 0 Å². The van der Waals surface area contributed by atoms with E-state index in [0.717, 1.165) is 13.0 Å². The number of benzene rings is 1. The molecule has 0 bridgehead atoms. The molecule has 1 aromatic heterocycles. The summed E-state index contributed by atoms with van der Waals surface area (Å²) in [7, 11) is 4.02. The maximum atomic E-state index is 13.4. The maximum Gasteiger partial charge on any atom is 0.261 e. The molecule has 0 aliphatic heterocycles. The highest BCUT2D eigenvalue weighted by Gasteiger charge is 2.30. The van der Waals surface area contributed by atoms with Crippen molar-refractivity contribution in [3.63, 3.8) is 0 Å². The molecule has 0 aliphatic carbocycles. The Kier molecular flexibility index (Phi) is 8.18. The van der Waals surface area contributed by atoms with Crippen molar-refractivity contribution < 1.29 is 4.79 Å². The zero-order valence-electron chi connectivity index (χ0n) is 19.7. The van der Waals surface area contributed by atoms with Crippen LogP contribution in [0.4, 0.5) is 0 Å². The number of hydrogen-bond acceptors (Lipinski definition) is 4. The second-order valence-corrected chi connectivity index (χ2v) is 9.50. The maximum absolute atomic E-state index is 13.4. The van der Waals surface area contributed by atoms with E-state index in [1.807, 2.05) is 43.3 Å². The third-order valence-electron chi connectivity index (χ3n) is 5.19. The third-order valence-corrected chi connectivity index (χ3v) is 5.19. The Bertz CT molecular complexity index is 912. The van der Waals surface area contributed by atoms with Gasteiger partial charge in [0.25, 0.3) is 5.56 Å². The van der Waals surface area contributed by atoms with Gasteiger partial charge in [-0.2, -0.15) is 0 Å². The Hall–Kier alpha value is -2.21. The molecule has 1 atom stereocenters. The average Bonchev–Trinajstić information content (AvgIpc) is 2.66. The van der Waals surface area contributed by atoms with Crippen LogP contribution in [0.25, 0.3) is 10.9 Å². The van der Waals surface area contributed by atoms with Gasteiger partial charge in [0.1, 0.15) is 5.82 Å². The van der Waals surface area contributed by atoms with Crippen LogP contribution in [0.15, 0.2) is 29.1 Å². The lowest BCUT2D eigenvalue weighted by Crippen LogP contribution is -2.43. The van der Waals surface area contributed by atoms with Crippen LogP contribution < -0.4 is 5.56 Å². The van der Waals surface area contributed by atoms with Crippen molar-refractivity contribution in [3.8, 4) is 0 Å². The molecule has 1 unspecified atom stereocenters. The lowest BCUT2D eigenvalue weighted by atomic mass is 9.91. The highest BCUT2D eigenvalue weighted by molar-refractivity contribution is 5.78. The summed E-state index contributed by atoms with van der Waals surface area (Å²) in [6.07, 6.45) is 2.00. The molecule has 0 saturated heterocycles. The fourth-order valence-corrected chi connectivity index (χ4v) is 3.74. The Labute approximate surface area is 180 Å². The molecule has 0 spiro atoms. The van der Waals surface area contributed by atoms with Crippen LogP contribution in [-0.2, 0) is 11.3 Å². The van der Waals surface area contributed by atoms with E-state index < -0.39 is 0 Å². The monoisotopic (exact) mass is 414 g/mol. The van der Waals surface area contributed by atoms with E-state index in [0.29, 0.717) is 42.7 Å². The summed E-state index contributed by atoms with van der Waals surface area (Å²) in [5, 5.41) is 0.630. The molecule has 0 fully saturated rings. The fourth-order valence-electron chi connectivity index (χ4n) is 3.74. The van der Waals surface area contributed by atoms with Gasteiger partial charge < -0.3 is 9.80 Å². The Morgan fingerprint density at radius 2 is 1.80 bits per heavy atom. The Morgan fingerprint density at radius 3 is 2.37 bits per heavy atom. The summed E-state index contributed by atoms with van der Waals surface area (Å²) in [6, 6.07) is 7.25. The molecule has 2 aromatic rings. The molecule has 0 radical (unpaired) electrons. The fraction of sp³-hybridized carbons (Fsp3) is 0.625. The number of likely N-dealkylation sites (N-methyl/N-ethyl adjacent to an activating group) is 1. The van der Waals surface area contributed by atoms with E-state index >= 15 is 0 Å². The van der Waals surface area contributed by atoms with Gasteiger partial charge >= 0.3 is 0 Å². The largest absolute Gasteiger partial charge is 0.331 e. The summed E-state index contributed by atoms with van der Waals surface area (Å²) in [6.45, 7) is 12.3. The first-order chi connectivity index (χ1) is 14.1. The zero-order chi connectivity index (χ0) is 22.5. The summed E-state index contributed by atoms with van der Waals surface area (Å²) >= 11 is 0. The number of aromatic nitrogens is 2. The van der Waals surface area contributed by atoms with Gasteiger partial charge in [-0.1, -0.05) is 46.8 Å². The van der Waals surface area contributed by atoms with Crippen molar-refractivity contribution in [3.05, 3.63) is 40.4 Å². The smallest absolute Gasteiger partial charge is 0.261 e. The molecule has 1 aromatic carbocycles. The van der Waals surface area contributed by atoms with Gasteiger partial charge in [0.15, 0.2) is 0 Å². The predicted octanol–water partition coefficient (Wildman–Crippen LogP) is 4.08. The molecule has 0 aliphatic rings. The van der Waals surface area contributed by atoms with Crippen LogP contribution in [0.2, 0.25) is 0 Å². The van der Waals surface area contributed by atoms with Crippen molar-refractivity contribution in [1.29, 1.82) is 0 Å². The van der Waals surface area contributed by atoms with E-state index in [4.69, 9.17) is 4.98 Å². The van der Waals surface area contributed by atoms with Crippen LogP contribution in [-0.4, -0.2) is 52.4 Å². The van der Waals surface area contributed by atoms with Crippen molar-refractivity contribution >= 4 is 16.8 Å². The molecule has 0 saturated carbocycles. The van der Waals surface area contributed by atoms with Gasteiger partial charge in [-0.15, -0.1) is 0 Å². The van der Waals surface area contributed by atoms with Crippen LogP contribution in [0, 0.1) is 5.41 Å². The number of carbonyl (C=O) groups is 1. The topological polar surface area (TPSA) is 58.4 Å². The molecule has 2 rings (SSSR count).